The van der Waals surface area contributed by atoms with E-state index < -0.39 is 0 Å². The molecule has 5 nitrogen and oxygen atoms in total. The smallest absolute Gasteiger partial charge is 0.193 e. The number of para-hydroxylation sites is 1. The first-order valence-corrected chi connectivity index (χ1v) is 8.31. The molecule has 1 fully saturated rings. The summed E-state index contributed by atoms with van der Waals surface area (Å²) in [7, 11) is 0. The van der Waals surface area contributed by atoms with Crippen LogP contribution >= 0.6 is 0 Å². The van der Waals surface area contributed by atoms with E-state index >= 15 is 0 Å². The second-order valence-corrected chi connectivity index (χ2v) is 5.79. The number of benzene rings is 2. The highest BCUT2D eigenvalue weighted by molar-refractivity contribution is 5.92. The molecule has 1 heterocycles. The van der Waals surface area contributed by atoms with Crippen molar-refractivity contribution in [1.82, 2.24) is 4.90 Å². The lowest BCUT2D eigenvalue weighted by molar-refractivity contribution is 0.0180. The molecule has 1 saturated heterocycles. The number of hydrogen-bond donors (Lipinski definition) is 2. The number of rotatable bonds is 5. The van der Waals surface area contributed by atoms with Gasteiger partial charge in [-0.3, -0.25) is 9.89 Å². The van der Waals surface area contributed by atoms with Crippen LogP contribution in [0.4, 0.5) is 5.69 Å². The zero-order valence-electron chi connectivity index (χ0n) is 13.8. The van der Waals surface area contributed by atoms with Gasteiger partial charge in [0.2, 0.25) is 0 Å². The number of hydrogen-bond acceptors (Lipinski definition) is 3. The van der Waals surface area contributed by atoms with Crippen LogP contribution < -0.4 is 11.1 Å². The van der Waals surface area contributed by atoms with Gasteiger partial charge in [0.25, 0.3) is 0 Å². The Balaban J connectivity index is 1.70. The van der Waals surface area contributed by atoms with E-state index in [0.717, 1.165) is 32.0 Å². The second-order valence-electron chi connectivity index (χ2n) is 5.79. The molecule has 0 bridgehead atoms. The van der Waals surface area contributed by atoms with Crippen LogP contribution in [0.1, 0.15) is 11.6 Å². The summed E-state index contributed by atoms with van der Waals surface area (Å²) in [6.07, 6.45) is 0. The van der Waals surface area contributed by atoms with Crippen molar-refractivity contribution in [2.75, 3.05) is 38.2 Å². The molecule has 126 valence electrons. The number of nitrogens with two attached hydrogens (primary N) is 1. The number of nitrogens with one attached hydrogen (secondary N) is 1. The SMILES string of the molecule is NC(=NCC(c1ccccc1)N1CCOCC1)Nc1ccccc1. The Bertz CT molecular complexity index is 639. The fourth-order valence-electron chi connectivity index (χ4n) is 2.89. The molecule has 0 aliphatic carbocycles. The molecule has 0 aromatic heterocycles. The van der Waals surface area contributed by atoms with Gasteiger partial charge in [0, 0.05) is 18.8 Å². The minimum absolute atomic E-state index is 0.214. The average Bonchev–Trinajstić information content (AvgIpc) is 2.64. The summed E-state index contributed by atoms with van der Waals surface area (Å²) in [6, 6.07) is 20.5. The molecule has 24 heavy (non-hydrogen) atoms. The molecule has 1 aliphatic heterocycles. The van der Waals surface area contributed by atoms with E-state index in [4.69, 9.17) is 10.5 Å². The topological polar surface area (TPSA) is 62.9 Å². The molecule has 3 rings (SSSR count). The van der Waals surface area contributed by atoms with Crippen LogP contribution in [0.15, 0.2) is 65.7 Å². The monoisotopic (exact) mass is 324 g/mol. The zero-order chi connectivity index (χ0) is 16.6. The molecule has 0 radical (unpaired) electrons. The van der Waals surface area contributed by atoms with E-state index in [0.29, 0.717) is 12.5 Å². The molecule has 3 N–H and O–H groups in total. The Morgan fingerprint density at radius 2 is 1.67 bits per heavy atom. The van der Waals surface area contributed by atoms with E-state index in [1.807, 2.05) is 36.4 Å². The van der Waals surface area contributed by atoms with Gasteiger partial charge in [-0.1, -0.05) is 48.5 Å². The quantitative estimate of drug-likeness (QED) is 0.655. The van der Waals surface area contributed by atoms with Crippen molar-refractivity contribution in [1.29, 1.82) is 0 Å². The lowest BCUT2D eigenvalue weighted by Gasteiger charge is -2.34. The third-order valence-electron chi connectivity index (χ3n) is 4.15. The highest BCUT2D eigenvalue weighted by Gasteiger charge is 2.22. The van der Waals surface area contributed by atoms with Crippen LogP contribution in [0.5, 0.6) is 0 Å². The van der Waals surface area contributed by atoms with Gasteiger partial charge in [-0.15, -0.1) is 0 Å². The Hall–Kier alpha value is -2.37. The molecular weight excluding hydrogens is 300 g/mol. The van der Waals surface area contributed by atoms with Crippen LogP contribution in [0.25, 0.3) is 0 Å². The average molecular weight is 324 g/mol. The largest absolute Gasteiger partial charge is 0.379 e. The van der Waals surface area contributed by atoms with E-state index in [9.17, 15) is 0 Å². The Morgan fingerprint density at radius 3 is 2.33 bits per heavy atom. The van der Waals surface area contributed by atoms with Crippen molar-refractivity contribution in [3.8, 4) is 0 Å². The summed E-state index contributed by atoms with van der Waals surface area (Å²) in [5.41, 5.74) is 8.26. The summed E-state index contributed by atoms with van der Waals surface area (Å²) in [6.45, 7) is 3.99. The fraction of sp³-hybridized carbons (Fsp3) is 0.316. The first kappa shape index (κ1) is 16.5. The molecule has 1 aliphatic rings. The third-order valence-corrected chi connectivity index (χ3v) is 4.15. The highest BCUT2D eigenvalue weighted by Crippen LogP contribution is 2.22. The van der Waals surface area contributed by atoms with Gasteiger partial charge in [0.05, 0.1) is 25.8 Å². The number of anilines is 1. The maximum Gasteiger partial charge on any atom is 0.193 e. The molecule has 0 amide bonds. The van der Waals surface area contributed by atoms with Crippen molar-refractivity contribution in [3.63, 3.8) is 0 Å². The number of morpholine rings is 1. The van der Waals surface area contributed by atoms with Crippen LogP contribution in [0.3, 0.4) is 0 Å². The highest BCUT2D eigenvalue weighted by atomic mass is 16.5. The summed E-state index contributed by atoms with van der Waals surface area (Å²) in [4.78, 5) is 6.99. The molecule has 5 heteroatoms. The standard InChI is InChI=1S/C19H24N4O/c20-19(22-17-9-5-2-6-10-17)21-15-18(16-7-3-1-4-8-16)23-11-13-24-14-12-23/h1-10,18H,11-15H2,(H3,20,21,22). The van der Waals surface area contributed by atoms with Crippen LogP contribution in [-0.4, -0.2) is 43.7 Å². The predicted octanol–water partition coefficient (Wildman–Crippen LogP) is 2.49. The van der Waals surface area contributed by atoms with E-state index in [1.165, 1.54) is 5.56 Å². The van der Waals surface area contributed by atoms with Gasteiger partial charge in [-0.2, -0.15) is 0 Å². The van der Waals surface area contributed by atoms with Gasteiger partial charge < -0.3 is 15.8 Å². The van der Waals surface area contributed by atoms with Crippen molar-refractivity contribution in [2.45, 2.75) is 6.04 Å². The van der Waals surface area contributed by atoms with Gasteiger partial charge in [0.1, 0.15) is 0 Å². The summed E-state index contributed by atoms with van der Waals surface area (Å²) >= 11 is 0. The molecule has 1 unspecified atom stereocenters. The number of aliphatic imine (C=N–C) groups is 1. The van der Waals surface area contributed by atoms with E-state index in [-0.39, 0.29) is 6.04 Å². The maximum absolute atomic E-state index is 6.06. The molecule has 0 spiro atoms. The Morgan fingerprint density at radius 1 is 1.04 bits per heavy atom. The van der Waals surface area contributed by atoms with Gasteiger partial charge in [0.15, 0.2) is 5.96 Å². The van der Waals surface area contributed by atoms with Crippen LogP contribution in [0.2, 0.25) is 0 Å². The van der Waals surface area contributed by atoms with Gasteiger partial charge in [-0.25, -0.2) is 0 Å². The molecule has 1 atom stereocenters. The van der Waals surface area contributed by atoms with Crippen molar-refractivity contribution >= 4 is 11.6 Å². The number of ether oxygens (including phenoxy) is 1. The van der Waals surface area contributed by atoms with Crippen LogP contribution in [0, 0.1) is 0 Å². The molecule has 0 saturated carbocycles. The Kier molecular flexibility index (Phi) is 5.82. The summed E-state index contributed by atoms with van der Waals surface area (Å²) < 4.78 is 5.48. The van der Waals surface area contributed by atoms with Gasteiger partial charge >= 0.3 is 0 Å². The third kappa shape index (κ3) is 4.57. The number of nitrogens with zero attached hydrogens (tertiary/aromatic N) is 2. The second kappa shape index (κ2) is 8.47. The van der Waals surface area contributed by atoms with Crippen LogP contribution in [-0.2, 0) is 4.74 Å². The van der Waals surface area contributed by atoms with Crippen molar-refractivity contribution < 1.29 is 4.74 Å². The van der Waals surface area contributed by atoms with Crippen molar-refractivity contribution in [3.05, 3.63) is 66.2 Å². The van der Waals surface area contributed by atoms with Gasteiger partial charge in [-0.05, 0) is 17.7 Å². The van der Waals surface area contributed by atoms with E-state index in [2.05, 4.69) is 39.5 Å². The lowest BCUT2D eigenvalue weighted by atomic mass is 10.1. The lowest BCUT2D eigenvalue weighted by Crippen LogP contribution is -2.40. The van der Waals surface area contributed by atoms with E-state index in [1.54, 1.807) is 0 Å². The minimum Gasteiger partial charge on any atom is -0.379 e. The molecular formula is C19H24N4O. The normalized spacial score (nSPS) is 17.4. The Labute approximate surface area is 143 Å². The zero-order valence-corrected chi connectivity index (χ0v) is 13.8. The predicted molar refractivity (Wildman–Crippen MR) is 98.1 cm³/mol. The van der Waals surface area contributed by atoms with Crippen molar-refractivity contribution in [2.24, 2.45) is 10.7 Å². The fourth-order valence-corrected chi connectivity index (χ4v) is 2.89. The summed E-state index contributed by atoms with van der Waals surface area (Å²) in [5, 5.41) is 3.14. The molecule has 2 aromatic rings. The minimum atomic E-state index is 0.214. The first-order chi connectivity index (χ1) is 11.8. The first-order valence-electron chi connectivity index (χ1n) is 8.31. The number of guanidine groups is 1. The maximum atomic E-state index is 6.06. The summed E-state index contributed by atoms with van der Waals surface area (Å²) in [5.74, 6) is 0.440. The molecule has 2 aromatic carbocycles.